The number of amides is 1. The highest BCUT2D eigenvalue weighted by atomic mass is 32.1. The van der Waals surface area contributed by atoms with Crippen LogP contribution in [0.4, 0.5) is 11.5 Å². The van der Waals surface area contributed by atoms with Crippen molar-refractivity contribution in [3.05, 3.63) is 29.1 Å². The number of piperazine rings is 1. The number of hydrogen-bond acceptors (Lipinski definition) is 6. The van der Waals surface area contributed by atoms with Crippen molar-refractivity contribution in [2.24, 2.45) is 0 Å². The molecule has 2 aliphatic heterocycles. The van der Waals surface area contributed by atoms with Crippen LogP contribution in [0.15, 0.2) is 24.3 Å². The molecule has 1 aromatic carbocycles. The molecule has 5 rings (SSSR count). The minimum Gasteiger partial charge on any atom is -0.381 e. The van der Waals surface area contributed by atoms with Crippen molar-refractivity contribution in [2.75, 3.05) is 29.9 Å². The normalized spacial score (nSPS) is 24.9. The van der Waals surface area contributed by atoms with Crippen molar-refractivity contribution in [1.82, 2.24) is 15.2 Å². The van der Waals surface area contributed by atoms with E-state index in [-0.39, 0.29) is 11.9 Å². The van der Waals surface area contributed by atoms with Gasteiger partial charge in [0.2, 0.25) is 0 Å². The molecule has 6 nitrogen and oxygen atoms in total. The third kappa shape index (κ3) is 3.44. The smallest absolute Gasteiger partial charge is 0.263 e. The lowest BCUT2D eigenvalue weighted by molar-refractivity contribution is 0.0949. The second-order valence-corrected chi connectivity index (χ2v) is 10.4. The van der Waals surface area contributed by atoms with Gasteiger partial charge >= 0.3 is 0 Å². The zero-order valence-electron chi connectivity index (χ0n) is 18.9. The van der Waals surface area contributed by atoms with Gasteiger partial charge in [-0.2, -0.15) is 0 Å². The molecule has 4 heterocycles. The molecule has 0 aliphatic carbocycles. The maximum atomic E-state index is 12.7. The Morgan fingerprint density at radius 1 is 1.10 bits per heavy atom. The lowest BCUT2D eigenvalue weighted by atomic mass is 10.1. The second kappa shape index (κ2) is 7.64. The van der Waals surface area contributed by atoms with Gasteiger partial charge in [0.05, 0.1) is 11.2 Å². The van der Waals surface area contributed by atoms with Crippen LogP contribution >= 0.6 is 11.3 Å². The summed E-state index contributed by atoms with van der Waals surface area (Å²) in [5, 5.41) is 8.80. The van der Waals surface area contributed by atoms with Gasteiger partial charge in [-0.25, -0.2) is 4.98 Å². The van der Waals surface area contributed by atoms with Crippen LogP contribution in [0.25, 0.3) is 21.0 Å². The average molecular weight is 438 g/mol. The Morgan fingerprint density at radius 3 is 2.68 bits per heavy atom. The number of benzene rings is 1. The first-order valence-corrected chi connectivity index (χ1v) is 12.1. The molecule has 0 unspecified atom stereocenters. The van der Waals surface area contributed by atoms with Crippen LogP contribution in [-0.2, 0) is 0 Å². The molecule has 2 N–H and O–H groups in total. The van der Waals surface area contributed by atoms with Gasteiger partial charge in [-0.1, -0.05) is 0 Å². The van der Waals surface area contributed by atoms with E-state index in [0.29, 0.717) is 18.1 Å². The number of nitrogens with zero attached hydrogens (tertiary/aromatic N) is 3. The zero-order valence-corrected chi connectivity index (χ0v) is 19.7. The average Bonchev–Trinajstić information content (AvgIpc) is 3.05. The van der Waals surface area contributed by atoms with Crippen LogP contribution in [0.2, 0.25) is 0 Å². The number of aromatic nitrogens is 1. The van der Waals surface area contributed by atoms with Crippen molar-refractivity contribution in [3.63, 3.8) is 0 Å². The highest BCUT2D eigenvalue weighted by Gasteiger charge is 2.31. The molecule has 0 radical (unpaired) electrons. The van der Waals surface area contributed by atoms with Gasteiger partial charge in [-0.05, 0) is 58.9 Å². The Hall–Kier alpha value is -2.38. The minimum absolute atomic E-state index is 0.0114. The molecule has 0 spiro atoms. The number of nitrogens with one attached hydrogen (secondary N) is 2. The monoisotopic (exact) mass is 437 g/mol. The molecule has 7 heteroatoms. The zero-order chi connectivity index (χ0) is 21.9. The van der Waals surface area contributed by atoms with Gasteiger partial charge < -0.3 is 15.5 Å². The topological polar surface area (TPSA) is 60.5 Å². The highest BCUT2D eigenvalue weighted by molar-refractivity contribution is 7.21. The van der Waals surface area contributed by atoms with E-state index in [2.05, 4.69) is 72.4 Å². The SMILES string of the molecule is CC(C)N1C[C@H](C)N(c2ccc3c(ccc4sc5c(c43)NC[C@@H](C)NC5=O)n2)C[C@@H]1C. The Labute approximate surface area is 187 Å². The molecule has 1 saturated heterocycles. The van der Waals surface area contributed by atoms with Crippen LogP contribution in [0.1, 0.15) is 44.3 Å². The van der Waals surface area contributed by atoms with E-state index < -0.39 is 0 Å². The Balaban J connectivity index is 1.56. The maximum absolute atomic E-state index is 12.7. The first kappa shape index (κ1) is 20.5. The van der Waals surface area contributed by atoms with E-state index in [1.807, 2.05) is 6.92 Å². The van der Waals surface area contributed by atoms with Crippen molar-refractivity contribution in [2.45, 2.75) is 58.8 Å². The van der Waals surface area contributed by atoms with Crippen LogP contribution in [-0.4, -0.2) is 59.6 Å². The number of pyridine rings is 1. The molecule has 2 aliphatic rings. The van der Waals surface area contributed by atoms with Gasteiger partial charge in [0.15, 0.2) is 0 Å². The largest absolute Gasteiger partial charge is 0.381 e. The van der Waals surface area contributed by atoms with Gasteiger partial charge in [0.25, 0.3) is 5.91 Å². The van der Waals surface area contributed by atoms with E-state index in [1.165, 1.54) is 0 Å². The second-order valence-electron chi connectivity index (χ2n) is 9.38. The molecule has 0 saturated carbocycles. The maximum Gasteiger partial charge on any atom is 0.263 e. The van der Waals surface area contributed by atoms with E-state index in [9.17, 15) is 4.79 Å². The summed E-state index contributed by atoms with van der Waals surface area (Å²) in [6, 6.07) is 10.1. The van der Waals surface area contributed by atoms with E-state index in [4.69, 9.17) is 4.98 Å². The van der Waals surface area contributed by atoms with Crippen LogP contribution in [0.3, 0.4) is 0 Å². The van der Waals surface area contributed by atoms with Gasteiger partial charge in [0, 0.05) is 59.3 Å². The van der Waals surface area contributed by atoms with E-state index >= 15 is 0 Å². The summed E-state index contributed by atoms with van der Waals surface area (Å²) in [5.41, 5.74) is 1.94. The predicted octanol–water partition coefficient (Wildman–Crippen LogP) is 4.30. The third-order valence-corrected chi connectivity index (χ3v) is 7.82. The summed E-state index contributed by atoms with van der Waals surface area (Å²) in [6.45, 7) is 13.9. The van der Waals surface area contributed by atoms with E-state index in [1.54, 1.807) is 11.3 Å². The molecular formula is C24H31N5OS. The van der Waals surface area contributed by atoms with Crippen molar-refractivity contribution in [1.29, 1.82) is 0 Å². The van der Waals surface area contributed by atoms with Crippen molar-refractivity contribution >= 4 is 49.7 Å². The molecular weight excluding hydrogens is 406 g/mol. The summed E-state index contributed by atoms with van der Waals surface area (Å²) in [7, 11) is 0. The number of carbonyl (C=O) groups is 1. The number of fused-ring (bicyclic) bond motifs is 5. The first-order valence-electron chi connectivity index (χ1n) is 11.3. The molecule has 3 aromatic rings. The molecule has 0 bridgehead atoms. The van der Waals surface area contributed by atoms with Crippen LogP contribution in [0.5, 0.6) is 0 Å². The molecule has 1 fully saturated rings. The predicted molar refractivity (Wildman–Crippen MR) is 131 cm³/mol. The summed E-state index contributed by atoms with van der Waals surface area (Å²) in [4.78, 5) is 23.5. The van der Waals surface area contributed by atoms with Crippen molar-refractivity contribution in [3.8, 4) is 0 Å². The molecule has 3 atom stereocenters. The Bertz CT molecular complexity index is 1160. The Kier molecular flexibility index (Phi) is 5.06. The molecule has 1 amide bonds. The van der Waals surface area contributed by atoms with Crippen molar-refractivity contribution < 1.29 is 4.79 Å². The fraction of sp³-hybridized carbons (Fsp3) is 0.500. The highest BCUT2D eigenvalue weighted by Crippen LogP contribution is 2.41. The number of rotatable bonds is 2. The number of carbonyl (C=O) groups excluding carboxylic acids is 1. The lowest BCUT2D eigenvalue weighted by Gasteiger charge is -2.46. The third-order valence-electron chi connectivity index (χ3n) is 6.67. The number of thiophene rings is 1. The fourth-order valence-electron chi connectivity index (χ4n) is 5.07. The molecule has 2 aromatic heterocycles. The minimum atomic E-state index is 0.0114. The van der Waals surface area contributed by atoms with E-state index in [0.717, 1.165) is 57.0 Å². The Morgan fingerprint density at radius 2 is 1.90 bits per heavy atom. The lowest BCUT2D eigenvalue weighted by Crippen LogP contribution is -2.58. The van der Waals surface area contributed by atoms with Gasteiger partial charge in [-0.15, -0.1) is 11.3 Å². The van der Waals surface area contributed by atoms with Gasteiger partial charge in [0.1, 0.15) is 10.7 Å². The number of hydrogen-bond donors (Lipinski definition) is 2. The van der Waals surface area contributed by atoms with Crippen LogP contribution < -0.4 is 15.5 Å². The van der Waals surface area contributed by atoms with Crippen LogP contribution in [0, 0.1) is 0 Å². The fourth-order valence-corrected chi connectivity index (χ4v) is 6.16. The summed E-state index contributed by atoms with van der Waals surface area (Å²) in [6.07, 6.45) is 0. The summed E-state index contributed by atoms with van der Waals surface area (Å²) < 4.78 is 1.12. The standard InChI is InChI=1S/C24H31N5OS/c1-13(2)28-11-16(5)29(12-15(28)4)20-9-6-17-18(27-20)7-8-19-21(17)22-23(31-19)24(30)26-14(3)10-25-22/h6-9,13-16,25H,10-12H2,1-5H3,(H,26,30)/t14-,15+,16+/m1/s1. The quantitative estimate of drug-likeness (QED) is 0.626. The summed E-state index contributed by atoms with van der Waals surface area (Å²) in [5.74, 6) is 1.05. The first-order chi connectivity index (χ1) is 14.8. The summed E-state index contributed by atoms with van der Waals surface area (Å²) >= 11 is 1.56. The molecule has 31 heavy (non-hydrogen) atoms. The molecule has 164 valence electrons. The van der Waals surface area contributed by atoms with Gasteiger partial charge in [-0.3, -0.25) is 9.69 Å². The number of anilines is 2.